The van der Waals surface area contributed by atoms with Crippen LogP contribution in [-0.4, -0.2) is 4.98 Å². The highest BCUT2D eigenvalue weighted by molar-refractivity contribution is 5.81. The monoisotopic (exact) mass is 253 g/mol. The van der Waals surface area contributed by atoms with Crippen LogP contribution in [0.5, 0.6) is 0 Å². The quantitative estimate of drug-likeness (QED) is 0.682. The first-order chi connectivity index (χ1) is 9.11. The fourth-order valence-electron chi connectivity index (χ4n) is 2.07. The van der Waals surface area contributed by atoms with Crippen LogP contribution >= 0.6 is 0 Å². The van der Waals surface area contributed by atoms with Gasteiger partial charge in [0.15, 0.2) is 11.5 Å². The Morgan fingerprint density at radius 2 is 1.95 bits per heavy atom. The van der Waals surface area contributed by atoms with Gasteiger partial charge in [-0.25, -0.2) is 4.98 Å². The zero-order chi connectivity index (χ0) is 13.4. The van der Waals surface area contributed by atoms with E-state index in [1.165, 1.54) is 0 Å². The minimum atomic E-state index is 0.669. The molecule has 0 saturated heterocycles. The maximum absolute atomic E-state index is 5.99. The molecule has 0 aliphatic carbocycles. The summed E-state index contributed by atoms with van der Waals surface area (Å²) in [5, 5.41) is 3.29. The summed E-state index contributed by atoms with van der Waals surface area (Å²) in [5.74, 6) is 0.669. The van der Waals surface area contributed by atoms with Gasteiger partial charge in [0, 0.05) is 12.6 Å². The third-order valence-corrected chi connectivity index (χ3v) is 2.98. The molecule has 1 aromatic heterocycles. The van der Waals surface area contributed by atoms with Crippen LogP contribution in [0.25, 0.3) is 11.1 Å². The van der Waals surface area contributed by atoms with Crippen molar-refractivity contribution in [3.05, 3.63) is 47.9 Å². The largest absolute Gasteiger partial charge is 0.441 e. The number of rotatable bonds is 2. The predicted molar refractivity (Wildman–Crippen MR) is 77.6 cm³/mol. The fraction of sp³-hybridized carbons (Fsp3) is 0.133. The Morgan fingerprint density at radius 3 is 2.74 bits per heavy atom. The van der Waals surface area contributed by atoms with Crippen molar-refractivity contribution in [3.8, 4) is 0 Å². The van der Waals surface area contributed by atoms with Gasteiger partial charge in [0.1, 0.15) is 5.52 Å². The Kier molecular flexibility index (Phi) is 2.63. The Hall–Kier alpha value is -2.49. The van der Waals surface area contributed by atoms with Gasteiger partial charge < -0.3 is 15.5 Å². The first-order valence-electron chi connectivity index (χ1n) is 6.12. The van der Waals surface area contributed by atoms with Crippen molar-refractivity contribution in [2.24, 2.45) is 0 Å². The Labute approximate surface area is 111 Å². The SMILES string of the molecule is Cc1ccc(Nc2ccc3oc(C)nc3c2)c(N)c1. The molecule has 4 heteroatoms. The smallest absolute Gasteiger partial charge is 0.192 e. The molecule has 1 heterocycles. The molecule has 0 aliphatic heterocycles. The summed E-state index contributed by atoms with van der Waals surface area (Å²) in [5.41, 5.74) is 11.3. The molecule has 0 aliphatic rings. The molecule has 0 radical (unpaired) electrons. The molecule has 0 fully saturated rings. The minimum absolute atomic E-state index is 0.669. The molecule has 0 spiro atoms. The summed E-state index contributed by atoms with van der Waals surface area (Å²) in [4.78, 5) is 4.31. The number of aryl methyl sites for hydroxylation is 2. The van der Waals surface area contributed by atoms with Crippen LogP contribution in [0.3, 0.4) is 0 Å². The van der Waals surface area contributed by atoms with E-state index >= 15 is 0 Å². The van der Waals surface area contributed by atoms with Crippen LogP contribution in [-0.2, 0) is 0 Å². The third-order valence-electron chi connectivity index (χ3n) is 2.98. The van der Waals surface area contributed by atoms with Gasteiger partial charge in [-0.3, -0.25) is 0 Å². The normalized spacial score (nSPS) is 10.8. The summed E-state index contributed by atoms with van der Waals surface area (Å²) in [6, 6.07) is 11.8. The second-order valence-corrected chi connectivity index (χ2v) is 4.63. The lowest BCUT2D eigenvalue weighted by Crippen LogP contribution is -1.96. The van der Waals surface area contributed by atoms with Gasteiger partial charge >= 0.3 is 0 Å². The molecule has 3 N–H and O–H groups in total. The molecule has 0 amide bonds. The van der Waals surface area contributed by atoms with Crippen molar-refractivity contribution < 1.29 is 4.42 Å². The number of hydrogen-bond acceptors (Lipinski definition) is 4. The number of aromatic nitrogens is 1. The maximum atomic E-state index is 5.99. The minimum Gasteiger partial charge on any atom is -0.441 e. The van der Waals surface area contributed by atoms with Gasteiger partial charge in [0.05, 0.1) is 11.4 Å². The molecule has 19 heavy (non-hydrogen) atoms. The highest BCUT2D eigenvalue weighted by Crippen LogP contribution is 2.26. The van der Waals surface area contributed by atoms with E-state index in [1.807, 2.05) is 50.2 Å². The van der Waals surface area contributed by atoms with Gasteiger partial charge in [-0.15, -0.1) is 0 Å². The van der Waals surface area contributed by atoms with Gasteiger partial charge in [-0.05, 0) is 42.8 Å². The molecule has 0 atom stereocenters. The van der Waals surface area contributed by atoms with E-state index in [0.717, 1.165) is 33.7 Å². The average Bonchev–Trinajstić information content (AvgIpc) is 2.72. The number of nitrogens with zero attached hydrogens (tertiary/aromatic N) is 1. The maximum Gasteiger partial charge on any atom is 0.192 e. The summed E-state index contributed by atoms with van der Waals surface area (Å²) in [7, 11) is 0. The van der Waals surface area contributed by atoms with Crippen molar-refractivity contribution in [2.45, 2.75) is 13.8 Å². The molecule has 0 unspecified atom stereocenters. The predicted octanol–water partition coefficient (Wildman–Crippen LogP) is 3.77. The van der Waals surface area contributed by atoms with E-state index in [2.05, 4.69) is 10.3 Å². The molecule has 0 bridgehead atoms. The Morgan fingerprint density at radius 1 is 1.11 bits per heavy atom. The summed E-state index contributed by atoms with van der Waals surface area (Å²) < 4.78 is 5.45. The molecular weight excluding hydrogens is 238 g/mol. The first kappa shape index (κ1) is 11.6. The van der Waals surface area contributed by atoms with Crippen molar-refractivity contribution >= 4 is 28.2 Å². The van der Waals surface area contributed by atoms with Gasteiger partial charge in [-0.1, -0.05) is 6.07 Å². The zero-order valence-corrected chi connectivity index (χ0v) is 10.9. The zero-order valence-electron chi connectivity index (χ0n) is 10.9. The van der Waals surface area contributed by atoms with Crippen LogP contribution in [0.2, 0.25) is 0 Å². The summed E-state index contributed by atoms with van der Waals surface area (Å²) in [6.07, 6.45) is 0. The van der Waals surface area contributed by atoms with Crippen LogP contribution in [0.15, 0.2) is 40.8 Å². The Balaban J connectivity index is 1.96. The molecule has 3 aromatic rings. The number of nitrogens with two attached hydrogens (primary N) is 1. The van der Waals surface area contributed by atoms with Crippen LogP contribution < -0.4 is 11.1 Å². The van der Waals surface area contributed by atoms with Gasteiger partial charge in [0.2, 0.25) is 0 Å². The molecule has 0 saturated carbocycles. The fourth-order valence-corrected chi connectivity index (χ4v) is 2.07. The standard InChI is InChI=1S/C15H15N3O/c1-9-3-5-13(12(16)7-9)18-11-4-6-15-14(8-11)17-10(2)19-15/h3-8,18H,16H2,1-2H3. The van der Waals surface area contributed by atoms with Gasteiger partial charge in [0.25, 0.3) is 0 Å². The lowest BCUT2D eigenvalue weighted by molar-refractivity contribution is 0.561. The molecule has 3 rings (SSSR count). The van der Waals surface area contributed by atoms with E-state index < -0.39 is 0 Å². The summed E-state index contributed by atoms with van der Waals surface area (Å²) in [6.45, 7) is 3.86. The molecule has 2 aromatic carbocycles. The number of oxazole rings is 1. The van der Waals surface area contributed by atoms with Crippen LogP contribution in [0, 0.1) is 13.8 Å². The Bertz CT molecular complexity index is 746. The topological polar surface area (TPSA) is 64.1 Å². The van der Waals surface area contributed by atoms with Crippen LogP contribution in [0.4, 0.5) is 17.1 Å². The van der Waals surface area contributed by atoms with Crippen molar-refractivity contribution in [3.63, 3.8) is 0 Å². The van der Waals surface area contributed by atoms with Crippen molar-refractivity contribution in [1.82, 2.24) is 4.98 Å². The molecular formula is C15H15N3O. The molecule has 96 valence electrons. The highest BCUT2D eigenvalue weighted by atomic mass is 16.3. The van der Waals surface area contributed by atoms with E-state index in [9.17, 15) is 0 Å². The first-order valence-corrected chi connectivity index (χ1v) is 6.12. The van der Waals surface area contributed by atoms with Crippen LogP contribution in [0.1, 0.15) is 11.5 Å². The second kappa shape index (κ2) is 4.31. The number of hydrogen-bond donors (Lipinski definition) is 2. The van der Waals surface area contributed by atoms with Gasteiger partial charge in [-0.2, -0.15) is 0 Å². The second-order valence-electron chi connectivity index (χ2n) is 4.63. The van der Waals surface area contributed by atoms with E-state index in [-0.39, 0.29) is 0 Å². The van der Waals surface area contributed by atoms with E-state index in [4.69, 9.17) is 10.2 Å². The lowest BCUT2D eigenvalue weighted by Gasteiger charge is -2.09. The summed E-state index contributed by atoms with van der Waals surface area (Å²) >= 11 is 0. The number of nitrogen functional groups attached to an aromatic ring is 1. The van der Waals surface area contributed by atoms with Crippen molar-refractivity contribution in [1.29, 1.82) is 0 Å². The van der Waals surface area contributed by atoms with Crippen molar-refractivity contribution in [2.75, 3.05) is 11.1 Å². The average molecular weight is 253 g/mol. The number of benzene rings is 2. The van der Waals surface area contributed by atoms with E-state index in [1.54, 1.807) is 0 Å². The number of fused-ring (bicyclic) bond motifs is 1. The highest BCUT2D eigenvalue weighted by Gasteiger charge is 2.04. The number of anilines is 3. The third kappa shape index (κ3) is 2.25. The van der Waals surface area contributed by atoms with E-state index in [0.29, 0.717) is 5.89 Å². The lowest BCUT2D eigenvalue weighted by atomic mass is 10.2. The molecule has 4 nitrogen and oxygen atoms in total. The number of nitrogens with one attached hydrogen (secondary N) is 1.